The molecule has 0 saturated heterocycles. The molecule has 0 aliphatic carbocycles. The lowest BCUT2D eigenvalue weighted by atomic mass is 10.3. The van der Waals surface area contributed by atoms with Crippen LogP contribution in [0.5, 0.6) is 0 Å². The number of benzene rings is 1. The highest BCUT2D eigenvalue weighted by atomic mass is 19.1. The van der Waals surface area contributed by atoms with Crippen molar-refractivity contribution in [1.82, 2.24) is 9.97 Å². The van der Waals surface area contributed by atoms with Gasteiger partial charge >= 0.3 is 0 Å². The first-order valence-electron chi connectivity index (χ1n) is 5.46. The van der Waals surface area contributed by atoms with Crippen molar-refractivity contribution in [3.05, 3.63) is 47.7 Å². The number of nitrogens with two attached hydrogens (primary N) is 2. The summed E-state index contributed by atoms with van der Waals surface area (Å²) < 4.78 is 13.1. The van der Waals surface area contributed by atoms with Gasteiger partial charge in [-0.1, -0.05) is 6.07 Å². The highest BCUT2D eigenvalue weighted by molar-refractivity contribution is 5.97. The lowest BCUT2D eigenvalue weighted by molar-refractivity contribution is 0.0981. The van der Waals surface area contributed by atoms with Crippen molar-refractivity contribution >= 4 is 23.3 Å². The average Bonchev–Trinajstić information content (AvgIpc) is 2.38. The second-order valence-corrected chi connectivity index (χ2v) is 3.82. The fourth-order valence-corrected chi connectivity index (χ4v) is 1.48. The molecular weight excluding hydrogens is 265 g/mol. The molecule has 2 aromatic rings. The number of rotatable bonds is 4. The van der Waals surface area contributed by atoms with Crippen LogP contribution in [0.3, 0.4) is 0 Å². The highest BCUT2D eigenvalue weighted by Crippen LogP contribution is 2.18. The van der Waals surface area contributed by atoms with Crippen LogP contribution in [0, 0.1) is 5.82 Å². The largest absolute Gasteiger partial charge is 0.364 e. The number of hydrogen-bond acceptors (Lipinski definition) is 5. The van der Waals surface area contributed by atoms with Crippen LogP contribution in [0.1, 0.15) is 21.0 Å². The van der Waals surface area contributed by atoms with Crippen LogP contribution < -0.4 is 16.8 Å². The maximum Gasteiger partial charge on any atom is 0.271 e. The van der Waals surface area contributed by atoms with E-state index in [1.165, 1.54) is 18.2 Å². The standard InChI is InChI=1S/C12H10FN5O2/c13-6-2-1-3-7(4-6)17-12-9(11(15)20)16-5-8(18-12)10(14)19/h1-5H,(H2,14,19)(H2,15,20)(H,17,18). The van der Waals surface area contributed by atoms with Gasteiger partial charge in [0, 0.05) is 5.69 Å². The number of carbonyl (C=O) groups is 2. The Balaban J connectivity index is 2.44. The molecule has 0 spiro atoms. The third kappa shape index (κ3) is 2.86. The minimum Gasteiger partial charge on any atom is -0.364 e. The van der Waals surface area contributed by atoms with Crippen molar-refractivity contribution in [3.8, 4) is 0 Å². The smallest absolute Gasteiger partial charge is 0.271 e. The van der Waals surface area contributed by atoms with E-state index in [0.29, 0.717) is 5.69 Å². The van der Waals surface area contributed by atoms with Gasteiger partial charge in [-0.05, 0) is 18.2 Å². The molecule has 0 bridgehead atoms. The highest BCUT2D eigenvalue weighted by Gasteiger charge is 2.15. The fourth-order valence-electron chi connectivity index (χ4n) is 1.48. The zero-order valence-corrected chi connectivity index (χ0v) is 10.1. The SMILES string of the molecule is NC(=O)c1cnc(C(N)=O)c(Nc2cccc(F)c2)n1. The van der Waals surface area contributed by atoms with Crippen LogP contribution in [-0.2, 0) is 0 Å². The summed E-state index contributed by atoms with van der Waals surface area (Å²) in [5.74, 6) is -2.20. The zero-order chi connectivity index (χ0) is 14.7. The Labute approximate surface area is 112 Å². The van der Waals surface area contributed by atoms with Crippen LogP contribution in [0.15, 0.2) is 30.5 Å². The molecule has 0 atom stereocenters. The number of carbonyl (C=O) groups excluding carboxylic acids is 2. The maximum absolute atomic E-state index is 13.1. The number of halogens is 1. The van der Waals surface area contributed by atoms with Crippen LogP contribution in [-0.4, -0.2) is 21.8 Å². The number of aromatic nitrogens is 2. The topological polar surface area (TPSA) is 124 Å². The molecule has 5 N–H and O–H groups in total. The molecule has 102 valence electrons. The summed E-state index contributed by atoms with van der Waals surface area (Å²) in [6, 6.07) is 5.45. The molecule has 0 radical (unpaired) electrons. The molecule has 0 aliphatic rings. The van der Waals surface area contributed by atoms with Gasteiger partial charge in [0.15, 0.2) is 11.5 Å². The van der Waals surface area contributed by atoms with E-state index < -0.39 is 17.6 Å². The Morgan fingerprint density at radius 2 is 1.95 bits per heavy atom. The number of anilines is 2. The second-order valence-electron chi connectivity index (χ2n) is 3.82. The summed E-state index contributed by atoms with van der Waals surface area (Å²) in [5.41, 5.74) is 10.2. The van der Waals surface area contributed by atoms with Gasteiger partial charge in [-0.15, -0.1) is 0 Å². The maximum atomic E-state index is 13.1. The summed E-state index contributed by atoms with van der Waals surface area (Å²) >= 11 is 0. The molecule has 1 heterocycles. The third-order valence-electron chi connectivity index (χ3n) is 2.35. The molecule has 8 heteroatoms. The summed E-state index contributed by atoms with van der Waals surface area (Å²) in [6.07, 6.45) is 1.04. The molecule has 1 aromatic carbocycles. The summed E-state index contributed by atoms with van der Waals surface area (Å²) in [6.45, 7) is 0. The lowest BCUT2D eigenvalue weighted by Crippen LogP contribution is -2.20. The van der Waals surface area contributed by atoms with Gasteiger partial charge in [-0.3, -0.25) is 9.59 Å². The number of amides is 2. The predicted molar refractivity (Wildman–Crippen MR) is 68.8 cm³/mol. The Kier molecular flexibility index (Phi) is 3.56. The van der Waals surface area contributed by atoms with Crippen molar-refractivity contribution in [2.75, 3.05) is 5.32 Å². The van der Waals surface area contributed by atoms with Crippen LogP contribution in [0.4, 0.5) is 15.9 Å². The van der Waals surface area contributed by atoms with Crippen molar-refractivity contribution in [2.24, 2.45) is 11.5 Å². The minimum atomic E-state index is -0.840. The van der Waals surface area contributed by atoms with E-state index in [0.717, 1.165) is 6.20 Å². The van der Waals surface area contributed by atoms with Gasteiger partial charge in [0.1, 0.15) is 11.5 Å². The Morgan fingerprint density at radius 3 is 2.55 bits per heavy atom. The zero-order valence-electron chi connectivity index (χ0n) is 10.1. The number of nitrogens with zero attached hydrogens (tertiary/aromatic N) is 2. The van der Waals surface area contributed by atoms with E-state index >= 15 is 0 Å². The molecule has 1 aromatic heterocycles. The van der Waals surface area contributed by atoms with Gasteiger partial charge in [0.05, 0.1) is 6.20 Å². The molecule has 0 aliphatic heterocycles. The Hall–Kier alpha value is -3.03. The Morgan fingerprint density at radius 1 is 1.20 bits per heavy atom. The van der Waals surface area contributed by atoms with Gasteiger partial charge < -0.3 is 16.8 Å². The molecule has 0 saturated carbocycles. The number of nitrogens with one attached hydrogen (secondary N) is 1. The van der Waals surface area contributed by atoms with E-state index in [4.69, 9.17) is 11.5 Å². The van der Waals surface area contributed by atoms with E-state index in [1.807, 2.05) is 0 Å². The first kappa shape index (κ1) is 13.4. The van der Waals surface area contributed by atoms with E-state index in [9.17, 15) is 14.0 Å². The van der Waals surface area contributed by atoms with Gasteiger partial charge in [-0.25, -0.2) is 14.4 Å². The van der Waals surface area contributed by atoms with Crippen molar-refractivity contribution in [1.29, 1.82) is 0 Å². The van der Waals surface area contributed by atoms with Gasteiger partial charge in [-0.2, -0.15) is 0 Å². The number of hydrogen-bond donors (Lipinski definition) is 3. The van der Waals surface area contributed by atoms with E-state index in [2.05, 4.69) is 15.3 Å². The van der Waals surface area contributed by atoms with Crippen LogP contribution >= 0.6 is 0 Å². The first-order chi connectivity index (χ1) is 9.47. The molecule has 7 nitrogen and oxygen atoms in total. The van der Waals surface area contributed by atoms with Crippen LogP contribution in [0.25, 0.3) is 0 Å². The Bertz CT molecular complexity index is 689. The van der Waals surface area contributed by atoms with Crippen molar-refractivity contribution in [3.63, 3.8) is 0 Å². The van der Waals surface area contributed by atoms with Crippen molar-refractivity contribution < 1.29 is 14.0 Å². The normalized spacial score (nSPS) is 10.1. The predicted octanol–water partition coefficient (Wildman–Crippen LogP) is 0.557. The molecule has 2 amide bonds. The summed E-state index contributed by atoms with van der Waals surface area (Å²) in [7, 11) is 0. The molecule has 0 unspecified atom stereocenters. The van der Waals surface area contributed by atoms with Crippen LogP contribution in [0.2, 0.25) is 0 Å². The molecule has 20 heavy (non-hydrogen) atoms. The third-order valence-corrected chi connectivity index (χ3v) is 2.35. The van der Waals surface area contributed by atoms with E-state index in [-0.39, 0.29) is 17.2 Å². The molecular formula is C12H10FN5O2. The monoisotopic (exact) mass is 275 g/mol. The lowest BCUT2D eigenvalue weighted by Gasteiger charge is -2.09. The minimum absolute atomic E-state index is 0.0700. The van der Waals surface area contributed by atoms with Crippen molar-refractivity contribution in [2.45, 2.75) is 0 Å². The van der Waals surface area contributed by atoms with Gasteiger partial charge in [0.25, 0.3) is 11.8 Å². The second kappa shape index (κ2) is 5.31. The van der Waals surface area contributed by atoms with Gasteiger partial charge in [0.2, 0.25) is 0 Å². The number of primary amides is 2. The summed E-state index contributed by atoms with van der Waals surface area (Å²) in [4.78, 5) is 29.9. The quantitative estimate of drug-likeness (QED) is 0.751. The van der Waals surface area contributed by atoms with E-state index in [1.54, 1.807) is 6.07 Å². The summed E-state index contributed by atoms with van der Waals surface area (Å²) in [5, 5.41) is 2.67. The average molecular weight is 275 g/mol. The molecule has 0 fully saturated rings. The molecule has 2 rings (SSSR count). The first-order valence-corrected chi connectivity index (χ1v) is 5.46. The fraction of sp³-hybridized carbons (Fsp3) is 0.